The molecule has 0 bridgehead atoms. The van der Waals surface area contributed by atoms with Crippen molar-refractivity contribution in [1.82, 2.24) is 0 Å². The molecule has 0 saturated carbocycles. The van der Waals surface area contributed by atoms with E-state index in [4.69, 9.17) is 9.47 Å². The van der Waals surface area contributed by atoms with E-state index >= 15 is 0 Å². The molecule has 2 unspecified atom stereocenters. The fourth-order valence-electron chi connectivity index (χ4n) is 4.12. The van der Waals surface area contributed by atoms with Crippen molar-refractivity contribution < 1.29 is 18.8 Å². The van der Waals surface area contributed by atoms with Crippen molar-refractivity contribution in [1.29, 1.82) is 0 Å². The van der Waals surface area contributed by atoms with Crippen LogP contribution in [-0.4, -0.2) is 29.4 Å². The van der Waals surface area contributed by atoms with Crippen molar-refractivity contribution in [3.63, 3.8) is 0 Å². The van der Waals surface area contributed by atoms with Gasteiger partial charge in [-0.05, 0) is 65.1 Å². The van der Waals surface area contributed by atoms with E-state index in [1.165, 1.54) is 12.3 Å². The van der Waals surface area contributed by atoms with Crippen LogP contribution in [0.1, 0.15) is 46.5 Å². The van der Waals surface area contributed by atoms with Gasteiger partial charge in [0.2, 0.25) is 0 Å². The molecule has 1 aliphatic heterocycles. The van der Waals surface area contributed by atoms with Crippen molar-refractivity contribution in [2.45, 2.75) is 51.3 Å². The van der Waals surface area contributed by atoms with Crippen LogP contribution in [0, 0.1) is 5.41 Å². The number of unbranched alkanes of at least 4 members (excludes halogenated alkanes) is 1. The minimum atomic E-state index is -1.19. The molecular weight excluding hydrogens is 502 g/mol. The molecule has 1 aliphatic rings. The molecule has 2 atom stereocenters. The second kappa shape index (κ2) is 12.0. The number of fused-ring (bicyclic) bond motifs is 1. The van der Waals surface area contributed by atoms with Crippen molar-refractivity contribution in [2.75, 3.05) is 23.8 Å². The van der Waals surface area contributed by atoms with Gasteiger partial charge in [0.1, 0.15) is 11.5 Å². The lowest BCUT2D eigenvalue weighted by molar-refractivity contribution is -0.137. The quantitative estimate of drug-likeness (QED) is 0.154. The number of ether oxygens (including phenoxy) is 2. The fraction of sp³-hybridized carbons (Fsp3) is 0.423. The predicted molar refractivity (Wildman–Crippen MR) is 138 cm³/mol. The minimum absolute atomic E-state index is 0.0486. The molecule has 0 spiro atoms. The number of halogens is 1. The topological polar surface area (TPSA) is 61.8 Å². The zero-order valence-corrected chi connectivity index (χ0v) is 21.9. The first kappa shape index (κ1) is 25.7. The van der Waals surface area contributed by atoms with Crippen LogP contribution >= 0.6 is 15.9 Å². The van der Waals surface area contributed by atoms with Crippen LogP contribution in [0.15, 0.2) is 64.2 Å². The monoisotopic (exact) mass is 533 g/mol. The van der Waals surface area contributed by atoms with Crippen LogP contribution in [0.2, 0.25) is 0 Å². The highest BCUT2D eigenvalue weighted by Crippen LogP contribution is 2.46. The number of carbonyl (C=O) groups is 1. The highest BCUT2D eigenvalue weighted by Gasteiger charge is 2.41. The molecule has 0 N–H and O–H groups in total. The molecule has 178 valence electrons. The zero-order chi connectivity index (χ0) is 23.8. The average molecular weight is 535 g/mol. The molecule has 0 aromatic heterocycles. The van der Waals surface area contributed by atoms with Gasteiger partial charge in [0, 0.05) is 23.7 Å². The summed E-state index contributed by atoms with van der Waals surface area (Å²) in [6, 6.07) is 14.1. The summed E-state index contributed by atoms with van der Waals surface area (Å²) in [7, 11) is 0. The van der Waals surface area contributed by atoms with E-state index in [0.29, 0.717) is 18.1 Å². The maximum Gasteiger partial charge on any atom is 0.333 e. The van der Waals surface area contributed by atoms with Crippen molar-refractivity contribution in [2.24, 2.45) is 5.41 Å². The summed E-state index contributed by atoms with van der Waals surface area (Å²) in [5, 5.41) is 0. The molecule has 5 nitrogen and oxygen atoms in total. The van der Waals surface area contributed by atoms with Crippen LogP contribution in [0.5, 0.6) is 5.75 Å². The molecule has 0 aliphatic carbocycles. The Morgan fingerprint density at radius 3 is 2.67 bits per heavy atom. The first-order valence-electron chi connectivity index (χ1n) is 11.5. The summed E-state index contributed by atoms with van der Waals surface area (Å²) in [5.74, 6) is 0.652. The number of hydrogen-bond donors (Lipinski definition) is 0. The fourth-order valence-corrected chi connectivity index (χ4v) is 6.33. The number of anilines is 2. The molecule has 1 heterocycles. The number of hydrogen-bond acceptors (Lipinski definition) is 5. The third kappa shape index (κ3) is 6.34. The summed E-state index contributed by atoms with van der Waals surface area (Å²) >= 11 is 2.41. The Hall–Kier alpha value is -1.96. The maximum absolute atomic E-state index is 13.7. The lowest BCUT2D eigenvalue weighted by atomic mass is 9.81. The Morgan fingerprint density at radius 2 is 2.00 bits per heavy atom. The normalized spacial score (nSPS) is 20.4. The zero-order valence-electron chi connectivity index (χ0n) is 19.5. The maximum atomic E-state index is 13.7. The van der Waals surface area contributed by atoms with Gasteiger partial charge in [-0.2, -0.15) is 0 Å². The molecule has 2 aromatic carbocycles. The van der Waals surface area contributed by atoms with E-state index in [2.05, 4.69) is 46.8 Å². The Morgan fingerprint density at radius 1 is 1.24 bits per heavy atom. The first-order valence-corrected chi connectivity index (χ1v) is 13.6. The Bertz CT molecular complexity index is 968. The molecule has 0 fully saturated rings. The van der Waals surface area contributed by atoms with Crippen LogP contribution in [0.4, 0.5) is 11.4 Å². The molecule has 33 heavy (non-hydrogen) atoms. The number of rotatable bonds is 9. The summed E-state index contributed by atoms with van der Waals surface area (Å²) in [6.07, 6.45) is 6.76. The SMILES string of the molecule is CCCCC1(CC)CN(c2ccccc2)c2cc(Br)c(O/C=C/C(=O)OCC)cc2[S+]([O-])C1. The lowest BCUT2D eigenvalue weighted by Crippen LogP contribution is -2.37. The number of esters is 1. The Balaban J connectivity index is 2.03. The van der Waals surface area contributed by atoms with E-state index in [-0.39, 0.29) is 5.41 Å². The standard InChI is InChI=1S/C26H32BrNO4S/c1-4-7-14-26(5-2)18-28(20-11-9-8-10-12-20)22-16-21(27)23(17-24(22)33(30)19-26)32-15-13-25(29)31-6-3/h8-13,15-17H,4-7,14,18-19H2,1-3H3/b15-13+. The van der Waals surface area contributed by atoms with Gasteiger partial charge in [0.05, 0.1) is 29.1 Å². The van der Waals surface area contributed by atoms with Crippen LogP contribution in [-0.2, 0) is 20.7 Å². The highest BCUT2D eigenvalue weighted by atomic mass is 79.9. The molecule has 2 aromatic rings. The molecule has 3 rings (SSSR count). The van der Waals surface area contributed by atoms with E-state index in [0.717, 1.165) is 53.0 Å². The Kier molecular flexibility index (Phi) is 9.29. The van der Waals surface area contributed by atoms with Gasteiger partial charge in [0.15, 0.2) is 4.90 Å². The Labute approximate surface area is 208 Å². The van der Waals surface area contributed by atoms with E-state index in [1.807, 2.05) is 30.3 Å². The van der Waals surface area contributed by atoms with E-state index in [9.17, 15) is 9.35 Å². The van der Waals surface area contributed by atoms with E-state index in [1.54, 1.807) is 6.92 Å². The van der Waals surface area contributed by atoms with E-state index < -0.39 is 17.1 Å². The van der Waals surface area contributed by atoms with Crippen LogP contribution in [0.3, 0.4) is 0 Å². The van der Waals surface area contributed by atoms with Gasteiger partial charge < -0.3 is 18.9 Å². The second-order valence-electron chi connectivity index (χ2n) is 8.29. The van der Waals surface area contributed by atoms with Crippen molar-refractivity contribution >= 4 is 44.4 Å². The summed E-state index contributed by atoms with van der Waals surface area (Å²) in [4.78, 5) is 14.6. The lowest BCUT2D eigenvalue weighted by Gasteiger charge is -2.35. The molecule has 7 heteroatoms. The van der Waals surface area contributed by atoms with Gasteiger partial charge >= 0.3 is 5.97 Å². The number of nitrogens with zero attached hydrogens (tertiary/aromatic N) is 1. The number of benzene rings is 2. The molecule has 0 saturated heterocycles. The molecular formula is C26H32BrNO4S. The predicted octanol–water partition coefficient (Wildman–Crippen LogP) is 6.75. The largest absolute Gasteiger partial charge is 0.611 e. The minimum Gasteiger partial charge on any atom is -0.611 e. The van der Waals surface area contributed by atoms with Gasteiger partial charge in [-0.3, -0.25) is 0 Å². The van der Waals surface area contributed by atoms with Gasteiger partial charge in [-0.25, -0.2) is 4.79 Å². The van der Waals surface area contributed by atoms with Gasteiger partial charge in [0.25, 0.3) is 0 Å². The smallest absolute Gasteiger partial charge is 0.333 e. The van der Waals surface area contributed by atoms with Crippen LogP contribution < -0.4 is 9.64 Å². The summed E-state index contributed by atoms with van der Waals surface area (Å²) in [5.41, 5.74) is 1.95. The average Bonchev–Trinajstić information content (AvgIpc) is 2.93. The third-order valence-corrected chi connectivity index (χ3v) is 8.36. The highest BCUT2D eigenvalue weighted by molar-refractivity contribution is 9.10. The summed E-state index contributed by atoms with van der Waals surface area (Å²) < 4.78 is 25.0. The molecule has 0 amide bonds. The van der Waals surface area contributed by atoms with Gasteiger partial charge in [-0.1, -0.05) is 44.9 Å². The van der Waals surface area contributed by atoms with Crippen molar-refractivity contribution in [3.05, 3.63) is 59.3 Å². The third-order valence-electron chi connectivity index (χ3n) is 6.04. The molecule has 0 radical (unpaired) electrons. The van der Waals surface area contributed by atoms with Gasteiger partial charge in [-0.15, -0.1) is 0 Å². The number of para-hydroxylation sites is 1. The summed E-state index contributed by atoms with van der Waals surface area (Å²) in [6.45, 7) is 7.26. The first-order chi connectivity index (χ1) is 15.9. The second-order valence-corrected chi connectivity index (χ2v) is 10.6. The van der Waals surface area contributed by atoms with Crippen molar-refractivity contribution in [3.8, 4) is 5.75 Å². The van der Waals surface area contributed by atoms with Crippen LogP contribution in [0.25, 0.3) is 0 Å². The number of carbonyl (C=O) groups excluding carboxylic acids is 1.